The van der Waals surface area contributed by atoms with E-state index in [1.54, 1.807) is 12.1 Å². The number of rotatable bonds is 2. The lowest BCUT2D eigenvalue weighted by atomic mass is 10.3. The molecule has 0 aliphatic carbocycles. The first-order chi connectivity index (χ1) is 5.24. The molecule has 1 aromatic rings. The Balaban J connectivity index is 2.91. The summed E-state index contributed by atoms with van der Waals surface area (Å²) in [5.41, 5.74) is 0. The Kier molecular flexibility index (Phi) is 2.58. The van der Waals surface area contributed by atoms with E-state index in [-0.39, 0.29) is 0 Å². The van der Waals surface area contributed by atoms with Crippen LogP contribution in [0.4, 0.5) is 0 Å². The molecule has 0 spiro atoms. The largest absolute Gasteiger partial charge is 0.591 e. The lowest BCUT2D eigenvalue weighted by molar-refractivity contribution is -0.160. The van der Waals surface area contributed by atoms with Crippen molar-refractivity contribution in [2.75, 3.05) is 7.11 Å². The van der Waals surface area contributed by atoms with Gasteiger partial charge in [-0.2, -0.15) is 0 Å². The van der Waals surface area contributed by atoms with Crippen LogP contribution in [-0.2, 0) is 4.57 Å². The van der Waals surface area contributed by atoms with E-state index in [2.05, 4.69) is 0 Å². The van der Waals surface area contributed by atoms with Crippen LogP contribution in [0.5, 0.6) is 5.75 Å². The van der Waals surface area contributed by atoms with Crippen LogP contribution >= 0.6 is 8.03 Å². The fourth-order valence-electron chi connectivity index (χ4n) is 0.704. The maximum absolute atomic E-state index is 10.4. The number of hydrogen-bond donors (Lipinski definition) is 0. The summed E-state index contributed by atoms with van der Waals surface area (Å²) in [6.45, 7) is 0. The summed E-state index contributed by atoms with van der Waals surface area (Å²) in [6.07, 6.45) is 0. The van der Waals surface area contributed by atoms with Crippen molar-refractivity contribution >= 4 is 13.3 Å². The zero-order chi connectivity index (χ0) is 8.27. The van der Waals surface area contributed by atoms with E-state index >= 15 is 0 Å². The third-order valence-electron chi connectivity index (χ3n) is 1.28. The van der Waals surface area contributed by atoms with Crippen molar-refractivity contribution in [3.8, 4) is 5.75 Å². The van der Waals surface area contributed by atoms with Gasteiger partial charge in [-0.05, 0) is 24.3 Å². The minimum absolute atomic E-state index is 0.306. The van der Waals surface area contributed by atoms with Crippen molar-refractivity contribution < 1.29 is 14.2 Å². The molecule has 1 rings (SSSR count). The molecule has 0 radical (unpaired) electrons. The fourth-order valence-corrected chi connectivity index (χ4v) is 1.10. The Hall–Kier alpha value is -0.920. The quantitative estimate of drug-likeness (QED) is 0.604. The Labute approximate surface area is 65.5 Å². The summed E-state index contributed by atoms with van der Waals surface area (Å²) >= 11 is 0. The molecule has 3 nitrogen and oxygen atoms in total. The van der Waals surface area contributed by atoms with Gasteiger partial charge < -0.3 is 9.63 Å². The van der Waals surface area contributed by atoms with Crippen LogP contribution in [-0.4, -0.2) is 7.11 Å². The summed E-state index contributed by atoms with van der Waals surface area (Å²) < 4.78 is 15.2. The zero-order valence-corrected chi connectivity index (χ0v) is 6.88. The van der Waals surface area contributed by atoms with Crippen LogP contribution in [0.3, 0.4) is 0 Å². The van der Waals surface area contributed by atoms with Gasteiger partial charge in [0.25, 0.3) is 0 Å². The minimum atomic E-state index is -2.47. The van der Waals surface area contributed by atoms with Crippen LogP contribution in [0.1, 0.15) is 0 Å². The third-order valence-corrected chi connectivity index (χ3v) is 2.00. The zero-order valence-electron chi connectivity index (χ0n) is 5.98. The average molecular weight is 170 g/mol. The third kappa shape index (κ3) is 2.00. The number of hydrogen-bond acceptors (Lipinski definition) is 3. The summed E-state index contributed by atoms with van der Waals surface area (Å²) in [7, 11) is -0.935. The van der Waals surface area contributed by atoms with E-state index in [0.29, 0.717) is 11.1 Å². The lowest BCUT2D eigenvalue weighted by Crippen LogP contribution is -2.03. The van der Waals surface area contributed by atoms with E-state index in [0.717, 1.165) is 0 Å². The van der Waals surface area contributed by atoms with E-state index < -0.39 is 8.03 Å². The van der Waals surface area contributed by atoms with Crippen molar-refractivity contribution in [2.24, 2.45) is 0 Å². The smallest absolute Gasteiger partial charge is 0.348 e. The Morgan fingerprint density at radius 2 is 1.91 bits per heavy atom. The van der Waals surface area contributed by atoms with Gasteiger partial charge in [0.15, 0.2) is 5.30 Å². The Morgan fingerprint density at radius 3 is 2.27 bits per heavy atom. The first kappa shape index (κ1) is 8.18. The number of methoxy groups -OCH3 is 1. The molecule has 0 saturated carbocycles. The van der Waals surface area contributed by atoms with E-state index in [4.69, 9.17) is 4.74 Å². The van der Waals surface area contributed by atoms with Crippen LogP contribution < -0.4 is 14.9 Å². The van der Waals surface area contributed by atoms with Gasteiger partial charge in [-0.25, -0.2) is 0 Å². The second-order valence-electron chi connectivity index (χ2n) is 1.96. The lowest BCUT2D eigenvalue weighted by Gasteiger charge is -1.96. The second-order valence-corrected chi connectivity index (χ2v) is 2.99. The topological polar surface area (TPSA) is 49.4 Å². The number of benzene rings is 1. The molecule has 0 aromatic heterocycles. The highest BCUT2D eigenvalue weighted by Crippen LogP contribution is 2.12. The van der Waals surface area contributed by atoms with Gasteiger partial charge in [0.2, 0.25) is 0 Å². The standard InChI is InChI=1S/C7H7O3P/c1-10-6-2-4-7(5-3-6)11(8)9/h2-5H,1H3. The second kappa shape index (κ2) is 3.46. The molecule has 0 bridgehead atoms. The molecule has 0 amide bonds. The highest BCUT2D eigenvalue weighted by molar-refractivity contribution is 7.45. The van der Waals surface area contributed by atoms with Crippen LogP contribution in [0.25, 0.3) is 0 Å². The maximum Gasteiger partial charge on any atom is 0.348 e. The normalized spacial score (nSPS) is 10.9. The first-order valence-electron chi connectivity index (χ1n) is 3.02. The average Bonchev–Trinajstić information content (AvgIpc) is 2.05. The molecule has 1 unspecified atom stereocenters. The molecule has 0 aliphatic heterocycles. The summed E-state index contributed by atoms with van der Waals surface area (Å²) in [5.74, 6) is 0.658. The summed E-state index contributed by atoms with van der Waals surface area (Å²) in [6, 6.07) is 6.23. The minimum Gasteiger partial charge on any atom is -0.591 e. The molecule has 58 valence electrons. The number of ether oxygens (including phenoxy) is 1. The van der Waals surface area contributed by atoms with E-state index in [9.17, 15) is 9.46 Å². The van der Waals surface area contributed by atoms with Gasteiger partial charge in [-0.3, -0.25) is 0 Å². The molecule has 1 aromatic carbocycles. The molecule has 0 fully saturated rings. The molecular weight excluding hydrogens is 163 g/mol. The molecular formula is C7H7O3P. The Morgan fingerprint density at radius 1 is 1.36 bits per heavy atom. The van der Waals surface area contributed by atoms with Gasteiger partial charge in [-0.15, -0.1) is 0 Å². The molecule has 0 saturated heterocycles. The molecule has 4 heteroatoms. The van der Waals surface area contributed by atoms with Crippen molar-refractivity contribution in [1.29, 1.82) is 0 Å². The summed E-state index contributed by atoms with van der Waals surface area (Å²) in [5, 5.41) is 0.306. The van der Waals surface area contributed by atoms with Gasteiger partial charge >= 0.3 is 8.03 Å². The van der Waals surface area contributed by atoms with Gasteiger partial charge in [0, 0.05) is 0 Å². The summed E-state index contributed by atoms with van der Waals surface area (Å²) in [4.78, 5) is 10.4. The monoisotopic (exact) mass is 170 g/mol. The molecule has 0 N–H and O–H groups in total. The molecule has 1 atom stereocenters. The van der Waals surface area contributed by atoms with Crippen LogP contribution in [0, 0.1) is 0 Å². The van der Waals surface area contributed by atoms with E-state index in [1.807, 2.05) is 0 Å². The predicted octanol–water partition coefficient (Wildman–Crippen LogP) is 0.423. The van der Waals surface area contributed by atoms with Gasteiger partial charge in [0.05, 0.1) is 7.11 Å². The molecule has 0 aliphatic rings. The van der Waals surface area contributed by atoms with Crippen molar-refractivity contribution in [1.82, 2.24) is 0 Å². The van der Waals surface area contributed by atoms with Crippen molar-refractivity contribution in [2.45, 2.75) is 0 Å². The maximum atomic E-state index is 10.4. The predicted molar refractivity (Wildman–Crippen MR) is 40.2 cm³/mol. The first-order valence-corrected chi connectivity index (χ1v) is 4.20. The van der Waals surface area contributed by atoms with E-state index in [1.165, 1.54) is 19.2 Å². The fraction of sp³-hybridized carbons (Fsp3) is 0.143. The van der Waals surface area contributed by atoms with Gasteiger partial charge in [-0.1, -0.05) is 4.57 Å². The van der Waals surface area contributed by atoms with Crippen molar-refractivity contribution in [3.05, 3.63) is 24.3 Å². The Bertz CT molecular complexity index is 255. The van der Waals surface area contributed by atoms with Gasteiger partial charge in [0.1, 0.15) is 5.75 Å². The van der Waals surface area contributed by atoms with Crippen LogP contribution in [0.15, 0.2) is 24.3 Å². The molecule has 0 heterocycles. The van der Waals surface area contributed by atoms with Crippen molar-refractivity contribution in [3.63, 3.8) is 0 Å². The SMILES string of the molecule is COc1ccc([P+](=O)[O-])cc1. The highest BCUT2D eigenvalue weighted by Gasteiger charge is 2.04. The molecule has 11 heavy (non-hydrogen) atoms. The highest BCUT2D eigenvalue weighted by atomic mass is 31.1. The van der Waals surface area contributed by atoms with Crippen LogP contribution in [0.2, 0.25) is 0 Å².